The molecule has 0 radical (unpaired) electrons. The zero-order valence-electron chi connectivity index (χ0n) is 30.1. The third kappa shape index (κ3) is 14.0. The largest absolute Gasteiger partial charge is 0.488 e. The van der Waals surface area contributed by atoms with Gasteiger partial charge in [-0.2, -0.15) is 0 Å². The summed E-state index contributed by atoms with van der Waals surface area (Å²) in [6.07, 6.45) is 9.33. The van der Waals surface area contributed by atoms with Crippen LogP contribution >= 0.6 is 11.6 Å². The minimum atomic E-state index is -0.574. The van der Waals surface area contributed by atoms with Crippen LogP contribution in [0.5, 0.6) is 11.5 Å². The van der Waals surface area contributed by atoms with E-state index in [0.717, 1.165) is 85.8 Å². The molecule has 9 heteroatoms. The fraction of sp³-hybridized carbons (Fsp3) is 0.600. The number of unbranched alkanes of at least 4 members (excludes halogenated alkanes) is 6. The van der Waals surface area contributed by atoms with Crippen molar-refractivity contribution < 1.29 is 38.0 Å². The van der Waals surface area contributed by atoms with Crippen molar-refractivity contribution in [3.8, 4) is 11.5 Å². The van der Waals surface area contributed by atoms with E-state index < -0.39 is 12.2 Å². The summed E-state index contributed by atoms with van der Waals surface area (Å²) in [4.78, 5) is 25.4. The van der Waals surface area contributed by atoms with Crippen LogP contribution in [0.1, 0.15) is 105 Å². The van der Waals surface area contributed by atoms with E-state index in [9.17, 15) is 9.59 Å². The number of ether oxygens (including phenoxy) is 6. The number of carbonyl (C=O) groups excluding carboxylic acids is 2. The molecule has 0 amide bonds. The van der Waals surface area contributed by atoms with Gasteiger partial charge in [-0.15, -0.1) is 0 Å². The summed E-state index contributed by atoms with van der Waals surface area (Å²) in [5.74, 6) is 0.760. The third-order valence-electron chi connectivity index (χ3n) is 8.08. The van der Waals surface area contributed by atoms with Crippen LogP contribution in [-0.4, -0.2) is 63.8 Å². The van der Waals surface area contributed by atoms with Crippen molar-refractivity contribution in [3.05, 3.63) is 47.5 Å². The number of benzene rings is 3. The molecule has 0 saturated carbocycles. The Balaban J connectivity index is 1.87. The van der Waals surface area contributed by atoms with Gasteiger partial charge in [0, 0.05) is 52.6 Å². The predicted octanol–water partition coefficient (Wildman–Crippen LogP) is 10.0. The Morgan fingerprint density at radius 2 is 1.04 bits per heavy atom. The van der Waals surface area contributed by atoms with Gasteiger partial charge in [0.15, 0.2) is 12.2 Å². The van der Waals surface area contributed by atoms with Gasteiger partial charge in [0.05, 0.1) is 13.2 Å². The Labute approximate surface area is 298 Å². The van der Waals surface area contributed by atoms with Gasteiger partial charge in [0.1, 0.15) is 24.7 Å². The van der Waals surface area contributed by atoms with Crippen LogP contribution in [0.3, 0.4) is 0 Å². The van der Waals surface area contributed by atoms with Gasteiger partial charge in [-0.25, -0.2) is 0 Å². The van der Waals surface area contributed by atoms with Crippen LogP contribution in [0.15, 0.2) is 42.5 Å². The molecule has 2 atom stereocenters. The van der Waals surface area contributed by atoms with E-state index in [-0.39, 0.29) is 38.4 Å². The highest BCUT2D eigenvalue weighted by Gasteiger charge is 2.22. The molecule has 3 rings (SSSR count). The van der Waals surface area contributed by atoms with Crippen LogP contribution < -0.4 is 9.47 Å². The molecule has 0 aliphatic rings. The first-order valence-electron chi connectivity index (χ1n) is 18.4. The van der Waals surface area contributed by atoms with E-state index >= 15 is 0 Å². The molecule has 0 fully saturated rings. The highest BCUT2D eigenvalue weighted by atomic mass is 35.5. The average Bonchev–Trinajstić information content (AvgIpc) is 3.09. The van der Waals surface area contributed by atoms with Crippen molar-refractivity contribution in [2.75, 3.05) is 39.6 Å². The first kappa shape index (κ1) is 40.4. The lowest BCUT2D eigenvalue weighted by atomic mass is 10.0. The molecule has 0 heterocycles. The molecule has 2 unspecified atom stereocenters. The Kier molecular flexibility index (Phi) is 19.2. The van der Waals surface area contributed by atoms with E-state index in [4.69, 9.17) is 40.0 Å². The van der Waals surface area contributed by atoms with Crippen molar-refractivity contribution in [2.24, 2.45) is 0 Å². The topological polar surface area (TPSA) is 89.5 Å². The molecule has 0 aromatic heterocycles. The summed E-state index contributed by atoms with van der Waals surface area (Å²) in [5.41, 5.74) is 0. The zero-order valence-corrected chi connectivity index (χ0v) is 30.8. The zero-order chi connectivity index (χ0) is 35.3. The maximum absolute atomic E-state index is 12.7. The Bertz CT molecular complexity index is 1410. The predicted molar refractivity (Wildman–Crippen MR) is 197 cm³/mol. The molecule has 0 aliphatic carbocycles. The number of carbonyl (C=O) groups is 2. The molecule has 0 N–H and O–H groups in total. The summed E-state index contributed by atoms with van der Waals surface area (Å²) >= 11 is 6.54. The minimum absolute atomic E-state index is 0.112. The van der Waals surface area contributed by atoms with E-state index in [1.54, 1.807) is 0 Å². The molecule has 0 saturated heterocycles. The summed E-state index contributed by atoms with van der Waals surface area (Å²) in [7, 11) is 0. The number of rotatable bonds is 26. The molecule has 3 aromatic rings. The van der Waals surface area contributed by atoms with Crippen molar-refractivity contribution in [1.29, 1.82) is 0 Å². The quantitative estimate of drug-likeness (QED) is 0.0464. The second-order valence-electron chi connectivity index (χ2n) is 12.5. The Morgan fingerprint density at radius 1 is 0.571 bits per heavy atom. The number of fused-ring (bicyclic) bond motifs is 2. The number of hydrogen-bond acceptors (Lipinski definition) is 8. The van der Waals surface area contributed by atoms with Gasteiger partial charge in [0.2, 0.25) is 0 Å². The molecular weight excluding hydrogens is 644 g/mol. The van der Waals surface area contributed by atoms with Gasteiger partial charge < -0.3 is 28.4 Å². The van der Waals surface area contributed by atoms with Gasteiger partial charge in [-0.05, 0) is 43.9 Å². The monoisotopic (exact) mass is 700 g/mol. The molecule has 0 aliphatic heterocycles. The molecule has 8 nitrogen and oxygen atoms in total. The SMILES string of the molecule is CCCCCCC(=O)OC(COCCC)COc1c2ccccc2c(OCC(COCCC)OC(=O)CCCCCC)c2cc(Cl)ccc12. The van der Waals surface area contributed by atoms with Crippen LogP contribution in [0.4, 0.5) is 0 Å². The minimum Gasteiger partial charge on any atom is -0.488 e. The lowest BCUT2D eigenvalue weighted by Crippen LogP contribution is -2.30. The highest BCUT2D eigenvalue weighted by Crippen LogP contribution is 2.43. The van der Waals surface area contributed by atoms with Gasteiger partial charge in [-0.3, -0.25) is 9.59 Å². The third-order valence-corrected chi connectivity index (χ3v) is 8.32. The standard InChI is InChI=1S/C40H57ClO8/c1-5-9-11-13-19-37(42)48-31(26-44-23-7-3)28-46-39-33-17-15-16-18-34(33)40(36-25-30(41)21-22-35(36)39)47-29-32(27-45-24-8-4)49-38(43)20-14-12-10-6-2/h15-18,21-22,25,31-32H,5-14,19-20,23-24,26-29H2,1-4H3. The lowest BCUT2D eigenvalue weighted by Gasteiger charge is -2.23. The number of hydrogen-bond donors (Lipinski definition) is 0. The summed E-state index contributed by atoms with van der Waals surface area (Å²) in [6, 6.07) is 13.4. The van der Waals surface area contributed by atoms with Crippen LogP contribution in [-0.2, 0) is 28.5 Å². The van der Waals surface area contributed by atoms with Crippen LogP contribution in [0.2, 0.25) is 5.02 Å². The molecular formula is C40H57ClO8. The smallest absolute Gasteiger partial charge is 0.306 e. The second kappa shape index (κ2) is 23.4. The molecule has 0 spiro atoms. The summed E-state index contributed by atoms with van der Waals surface area (Å²) in [5, 5.41) is 3.75. The molecule has 0 bridgehead atoms. The maximum Gasteiger partial charge on any atom is 0.306 e. The number of esters is 2. The Morgan fingerprint density at radius 3 is 1.51 bits per heavy atom. The maximum atomic E-state index is 12.7. The average molecular weight is 701 g/mol. The van der Waals surface area contributed by atoms with Crippen molar-refractivity contribution >= 4 is 45.1 Å². The number of halogens is 1. The molecule has 49 heavy (non-hydrogen) atoms. The van der Waals surface area contributed by atoms with Gasteiger partial charge >= 0.3 is 11.9 Å². The summed E-state index contributed by atoms with van der Waals surface area (Å²) in [6.45, 7) is 10.2. The van der Waals surface area contributed by atoms with E-state index in [1.807, 2.05) is 56.3 Å². The van der Waals surface area contributed by atoms with Crippen molar-refractivity contribution in [3.63, 3.8) is 0 Å². The molecule has 272 valence electrons. The van der Waals surface area contributed by atoms with Crippen molar-refractivity contribution in [2.45, 2.75) is 117 Å². The van der Waals surface area contributed by atoms with E-state index in [2.05, 4.69) is 13.8 Å². The summed E-state index contributed by atoms with van der Waals surface area (Å²) < 4.78 is 36.3. The van der Waals surface area contributed by atoms with E-state index in [0.29, 0.717) is 42.6 Å². The van der Waals surface area contributed by atoms with Crippen LogP contribution in [0, 0.1) is 0 Å². The fourth-order valence-corrected chi connectivity index (χ4v) is 5.74. The van der Waals surface area contributed by atoms with Gasteiger partial charge in [-0.1, -0.05) is 102 Å². The van der Waals surface area contributed by atoms with Crippen LogP contribution in [0.25, 0.3) is 21.5 Å². The fourth-order valence-electron chi connectivity index (χ4n) is 5.57. The van der Waals surface area contributed by atoms with E-state index in [1.165, 1.54) is 0 Å². The van der Waals surface area contributed by atoms with Gasteiger partial charge in [0.25, 0.3) is 0 Å². The first-order valence-corrected chi connectivity index (χ1v) is 18.7. The highest BCUT2D eigenvalue weighted by molar-refractivity contribution is 6.31. The Hall–Kier alpha value is -3.07. The first-order chi connectivity index (χ1) is 23.9. The normalized spacial score (nSPS) is 12.6. The molecule has 3 aromatic carbocycles. The second-order valence-corrected chi connectivity index (χ2v) is 12.9. The lowest BCUT2D eigenvalue weighted by molar-refractivity contribution is -0.155. The van der Waals surface area contributed by atoms with Crippen molar-refractivity contribution in [1.82, 2.24) is 0 Å².